The van der Waals surface area contributed by atoms with E-state index in [4.69, 9.17) is 5.73 Å². The van der Waals surface area contributed by atoms with E-state index < -0.39 is 21.4 Å². The van der Waals surface area contributed by atoms with Gasteiger partial charge in [0.25, 0.3) is 0 Å². The predicted molar refractivity (Wildman–Crippen MR) is 62.2 cm³/mol. The van der Waals surface area contributed by atoms with Gasteiger partial charge in [-0.25, -0.2) is 12.8 Å². The molecule has 2 N–H and O–H groups in total. The zero-order valence-electron chi connectivity index (χ0n) is 9.66. The maximum Gasteiger partial charge on any atom is 0.175 e. The van der Waals surface area contributed by atoms with Gasteiger partial charge in [-0.15, -0.1) is 0 Å². The molecule has 0 aliphatic carbocycles. The van der Waals surface area contributed by atoms with Crippen LogP contribution in [0.1, 0.15) is 22.3 Å². The summed E-state index contributed by atoms with van der Waals surface area (Å²) in [6, 6.07) is 2.14. The number of Topliss-reactive ketones (excluding diaryl/α,β-unsaturated/α-hetero) is 1. The molecule has 4 nitrogen and oxygen atoms in total. The number of hydrogen-bond donors (Lipinski definition) is 1. The van der Waals surface area contributed by atoms with Gasteiger partial charge in [-0.3, -0.25) is 4.79 Å². The third-order valence-corrected chi connectivity index (χ3v) is 3.57. The SMILES string of the molecule is Cc1cc(F)c(C(=O)CCN)cc1S(C)(=O)=O. The highest BCUT2D eigenvalue weighted by atomic mass is 32.2. The van der Waals surface area contributed by atoms with E-state index in [-0.39, 0.29) is 29.0 Å². The van der Waals surface area contributed by atoms with Crippen molar-refractivity contribution in [1.29, 1.82) is 0 Å². The second kappa shape index (κ2) is 4.93. The molecule has 0 heterocycles. The van der Waals surface area contributed by atoms with E-state index in [1.165, 1.54) is 6.92 Å². The van der Waals surface area contributed by atoms with Gasteiger partial charge in [0.15, 0.2) is 15.6 Å². The Morgan fingerprint density at radius 2 is 2.00 bits per heavy atom. The van der Waals surface area contributed by atoms with E-state index in [0.717, 1.165) is 18.4 Å². The summed E-state index contributed by atoms with van der Waals surface area (Å²) in [6.45, 7) is 1.58. The average Bonchev–Trinajstić information content (AvgIpc) is 2.15. The molecule has 0 aromatic heterocycles. The Kier molecular flexibility index (Phi) is 4.00. The van der Waals surface area contributed by atoms with Crippen molar-refractivity contribution >= 4 is 15.6 Å². The largest absolute Gasteiger partial charge is 0.330 e. The number of sulfone groups is 1. The summed E-state index contributed by atoms with van der Waals surface area (Å²) in [5.41, 5.74) is 5.27. The van der Waals surface area contributed by atoms with Gasteiger partial charge in [0.05, 0.1) is 10.5 Å². The van der Waals surface area contributed by atoms with Crippen LogP contribution in [0.25, 0.3) is 0 Å². The minimum atomic E-state index is -3.47. The van der Waals surface area contributed by atoms with Gasteiger partial charge < -0.3 is 5.73 Å². The fourth-order valence-corrected chi connectivity index (χ4v) is 2.51. The molecule has 1 aromatic rings. The predicted octanol–water partition coefficient (Wildman–Crippen LogP) is 1.07. The molecule has 0 fully saturated rings. The zero-order chi connectivity index (χ0) is 13.2. The number of aryl methyl sites for hydroxylation is 1. The van der Waals surface area contributed by atoms with Crippen molar-refractivity contribution in [3.05, 3.63) is 29.1 Å². The van der Waals surface area contributed by atoms with Crippen LogP contribution in [0.3, 0.4) is 0 Å². The third-order valence-electron chi connectivity index (χ3n) is 2.34. The molecule has 0 bridgehead atoms. The van der Waals surface area contributed by atoms with Crippen LogP contribution in [0.15, 0.2) is 17.0 Å². The summed E-state index contributed by atoms with van der Waals surface area (Å²) >= 11 is 0. The number of rotatable bonds is 4. The van der Waals surface area contributed by atoms with Gasteiger partial charge in [-0.1, -0.05) is 0 Å². The molecular formula is C11H14FNO3S. The van der Waals surface area contributed by atoms with Gasteiger partial charge in [0.2, 0.25) is 0 Å². The molecular weight excluding hydrogens is 245 g/mol. The molecule has 0 radical (unpaired) electrons. The highest BCUT2D eigenvalue weighted by molar-refractivity contribution is 7.90. The lowest BCUT2D eigenvalue weighted by atomic mass is 10.1. The highest BCUT2D eigenvalue weighted by Gasteiger charge is 2.18. The van der Waals surface area contributed by atoms with Crippen molar-refractivity contribution in [3.63, 3.8) is 0 Å². The summed E-state index contributed by atoms with van der Waals surface area (Å²) in [5, 5.41) is 0. The van der Waals surface area contributed by atoms with Crippen LogP contribution in [0.2, 0.25) is 0 Å². The Hall–Kier alpha value is -1.27. The second-order valence-corrected chi connectivity index (χ2v) is 5.82. The number of carbonyl (C=O) groups is 1. The minimum absolute atomic E-state index is 0.0107. The van der Waals surface area contributed by atoms with Crippen LogP contribution in [-0.2, 0) is 9.84 Å². The van der Waals surface area contributed by atoms with E-state index in [2.05, 4.69) is 0 Å². The Labute approximate surface area is 99.5 Å². The van der Waals surface area contributed by atoms with E-state index >= 15 is 0 Å². The molecule has 94 valence electrons. The molecule has 0 saturated carbocycles. The summed E-state index contributed by atoms with van der Waals surface area (Å²) in [6.07, 6.45) is 1.01. The summed E-state index contributed by atoms with van der Waals surface area (Å²) in [7, 11) is -3.47. The minimum Gasteiger partial charge on any atom is -0.330 e. The summed E-state index contributed by atoms with van der Waals surface area (Å²) in [4.78, 5) is 11.5. The standard InChI is InChI=1S/C11H14FNO3S/c1-7-5-9(12)8(10(14)3-4-13)6-11(7)17(2,15)16/h5-6H,3-4,13H2,1-2H3. The number of benzene rings is 1. The summed E-state index contributed by atoms with van der Waals surface area (Å²) < 4.78 is 36.4. The molecule has 6 heteroatoms. The van der Waals surface area contributed by atoms with Crippen LogP contribution in [0.4, 0.5) is 4.39 Å². The first-order chi connectivity index (χ1) is 7.77. The Morgan fingerprint density at radius 3 is 2.47 bits per heavy atom. The Balaban J connectivity index is 3.39. The third kappa shape index (κ3) is 3.10. The molecule has 1 aromatic carbocycles. The quantitative estimate of drug-likeness (QED) is 0.648. The van der Waals surface area contributed by atoms with Crippen LogP contribution < -0.4 is 5.73 Å². The number of nitrogens with two attached hydrogens (primary N) is 1. The molecule has 0 atom stereocenters. The van der Waals surface area contributed by atoms with Gasteiger partial charge in [0, 0.05) is 12.7 Å². The molecule has 0 aliphatic heterocycles. The normalized spacial score (nSPS) is 11.5. The van der Waals surface area contributed by atoms with E-state index in [1.807, 2.05) is 0 Å². The maximum absolute atomic E-state index is 13.5. The topological polar surface area (TPSA) is 77.2 Å². The first-order valence-corrected chi connectivity index (χ1v) is 6.90. The smallest absolute Gasteiger partial charge is 0.175 e. The molecule has 0 aliphatic rings. The van der Waals surface area contributed by atoms with Gasteiger partial charge in [-0.2, -0.15) is 0 Å². The molecule has 0 saturated heterocycles. The fourth-order valence-electron chi connectivity index (χ4n) is 1.53. The van der Waals surface area contributed by atoms with Crippen molar-refractivity contribution in [3.8, 4) is 0 Å². The second-order valence-electron chi connectivity index (χ2n) is 3.83. The molecule has 0 unspecified atom stereocenters. The maximum atomic E-state index is 13.5. The van der Waals surface area contributed by atoms with Crippen molar-refractivity contribution < 1.29 is 17.6 Å². The lowest BCUT2D eigenvalue weighted by molar-refractivity contribution is 0.0981. The van der Waals surface area contributed by atoms with Crippen molar-refractivity contribution in [2.75, 3.05) is 12.8 Å². The number of ketones is 1. The fraction of sp³-hybridized carbons (Fsp3) is 0.364. The van der Waals surface area contributed by atoms with Gasteiger partial charge in [0.1, 0.15) is 5.82 Å². The van der Waals surface area contributed by atoms with E-state index in [1.54, 1.807) is 0 Å². The lowest BCUT2D eigenvalue weighted by Gasteiger charge is -2.08. The average molecular weight is 259 g/mol. The van der Waals surface area contributed by atoms with Gasteiger partial charge >= 0.3 is 0 Å². The summed E-state index contributed by atoms with van der Waals surface area (Å²) in [5.74, 6) is -1.21. The number of halogens is 1. The molecule has 0 spiro atoms. The van der Waals surface area contributed by atoms with Crippen molar-refractivity contribution in [1.82, 2.24) is 0 Å². The zero-order valence-corrected chi connectivity index (χ0v) is 10.5. The van der Waals surface area contributed by atoms with Crippen LogP contribution >= 0.6 is 0 Å². The van der Waals surface area contributed by atoms with Crippen LogP contribution in [0.5, 0.6) is 0 Å². The number of hydrogen-bond acceptors (Lipinski definition) is 4. The highest BCUT2D eigenvalue weighted by Crippen LogP contribution is 2.21. The van der Waals surface area contributed by atoms with Crippen LogP contribution in [0, 0.1) is 12.7 Å². The van der Waals surface area contributed by atoms with E-state index in [9.17, 15) is 17.6 Å². The lowest BCUT2D eigenvalue weighted by Crippen LogP contribution is -2.12. The Bertz CT molecular complexity index is 552. The molecule has 1 rings (SSSR count). The molecule has 17 heavy (non-hydrogen) atoms. The first-order valence-electron chi connectivity index (χ1n) is 5.01. The monoisotopic (exact) mass is 259 g/mol. The van der Waals surface area contributed by atoms with Crippen molar-refractivity contribution in [2.24, 2.45) is 5.73 Å². The Morgan fingerprint density at radius 1 is 1.41 bits per heavy atom. The van der Waals surface area contributed by atoms with Crippen molar-refractivity contribution in [2.45, 2.75) is 18.2 Å². The number of carbonyl (C=O) groups excluding carboxylic acids is 1. The first kappa shape index (κ1) is 13.8. The molecule has 0 amide bonds. The van der Waals surface area contributed by atoms with Crippen LogP contribution in [-0.4, -0.2) is 27.0 Å². The van der Waals surface area contributed by atoms with E-state index in [0.29, 0.717) is 0 Å². The van der Waals surface area contributed by atoms with Gasteiger partial charge in [-0.05, 0) is 31.2 Å².